The number of ketones is 1. The Bertz CT molecular complexity index is 716. The molecule has 0 aliphatic rings. The number of carbonyl (C=O) groups is 2. The number of hydrogen-bond acceptors (Lipinski definition) is 3. The van der Waals surface area contributed by atoms with Crippen LogP contribution in [-0.2, 0) is 4.79 Å². The zero-order valence-corrected chi connectivity index (χ0v) is 14.8. The monoisotopic (exact) mass is 377 g/mol. The molecular formula is C17H16BrNO2S. The van der Waals surface area contributed by atoms with Gasteiger partial charge in [0, 0.05) is 20.6 Å². The van der Waals surface area contributed by atoms with Gasteiger partial charge in [0.05, 0.1) is 5.75 Å². The number of halogens is 1. The summed E-state index contributed by atoms with van der Waals surface area (Å²) in [6, 6.07) is 12.9. The lowest BCUT2D eigenvalue weighted by molar-refractivity contribution is -0.113. The van der Waals surface area contributed by atoms with Crippen LogP contribution in [0.5, 0.6) is 0 Å². The molecule has 0 saturated carbocycles. The van der Waals surface area contributed by atoms with Crippen LogP contribution in [0.3, 0.4) is 0 Å². The molecule has 0 bridgehead atoms. The van der Waals surface area contributed by atoms with Crippen molar-refractivity contribution in [2.24, 2.45) is 0 Å². The highest BCUT2D eigenvalue weighted by Crippen LogP contribution is 2.25. The molecule has 22 heavy (non-hydrogen) atoms. The van der Waals surface area contributed by atoms with Crippen LogP contribution >= 0.6 is 27.7 Å². The number of aryl methyl sites for hydroxylation is 1. The van der Waals surface area contributed by atoms with Crippen molar-refractivity contribution in [1.29, 1.82) is 0 Å². The van der Waals surface area contributed by atoms with E-state index in [9.17, 15) is 9.59 Å². The number of benzene rings is 2. The predicted octanol–water partition coefficient (Wildman–Crippen LogP) is 4.69. The third-order valence-corrected chi connectivity index (χ3v) is 4.72. The Morgan fingerprint density at radius 1 is 1.18 bits per heavy atom. The highest BCUT2D eigenvalue weighted by atomic mass is 79.9. The van der Waals surface area contributed by atoms with Crippen LogP contribution in [0, 0.1) is 6.92 Å². The minimum Gasteiger partial charge on any atom is -0.325 e. The number of amides is 1. The maximum absolute atomic E-state index is 12.0. The number of thioether (sulfide) groups is 1. The molecule has 0 spiro atoms. The number of carbonyl (C=O) groups excluding carboxylic acids is 2. The number of hydrogen-bond donors (Lipinski definition) is 1. The van der Waals surface area contributed by atoms with E-state index in [1.54, 1.807) is 24.3 Å². The molecule has 3 nitrogen and oxygen atoms in total. The van der Waals surface area contributed by atoms with Crippen molar-refractivity contribution in [2.45, 2.75) is 18.7 Å². The summed E-state index contributed by atoms with van der Waals surface area (Å²) in [5, 5.41) is 2.82. The molecule has 0 saturated heterocycles. The van der Waals surface area contributed by atoms with Gasteiger partial charge in [-0.25, -0.2) is 0 Å². The smallest absolute Gasteiger partial charge is 0.234 e. The Morgan fingerprint density at radius 3 is 2.64 bits per heavy atom. The molecule has 0 aliphatic heterocycles. The van der Waals surface area contributed by atoms with Gasteiger partial charge < -0.3 is 5.32 Å². The van der Waals surface area contributed by atoms with Gasteiger partial charge in [0.15, 0.2) is 5.78 Å². The minimum atomic E-state index is -0.0898. The fraction of sp³-hybridized carbons (Fsp3) is 0.176. The average molecular weight is 378 g/mol. The zero-order valence-electron chi connectivity index (χ0n) is 12.4. The maximum atomic E-state index is 12.0. The molecule has 5 heteroatoms. The summed E-state index contributed by atoms with van der Waals surface area (Å²) in [5.41, 5.74) is 2.37. The first-order chi connectivity index (χ1) is 10.5. The van der Waals surface area contributed by atoms with Crippen molar-refractivity contribution in [2.75, 3.05) is 11.1 Å². The van der Waals surface area contributed by atoms with Crippen LogP contribution in [0.25, 0.3) is 0 Å². The quantitative estimate of drug-likeness (QED) is 0.607. The van der Waals surface area contributed by atoms with E-state index in [0.717, 1.165) is 14.9 Å². The molecule has 114 valence electrons. The highest BCUT2D eigenvalue weighted by Gasteiger charge is 2.07. The lowest BCUT2D eigenvalue weighted by Gasteiger charge is -2.08. The molecule has 0 heterocycles. The van der Waals surface area contributed by atoms with Crippen LogP contribution in [0.2, 0.25) is 0 Å². The largest absolute Gasteiger partial charge is 0.325 e. The van der Waals surface area contributed by atoms with E-state index in [1.165, 1.54) is 18.7 Å². The van der Waals surface area contributed by atoms with E-state index in [-0.39, 0.29) is 11.7 Å². The van der Waals surface area contributed by atoms with Crippen molar-refractivity contribution in [3.8, 4) is 0 Å². The van der Waals surface area contributed by atoms with Crippen LogP contribution in [0.4, 0.5) is 5.69 Å². The second-order valence-electron chi connectivity index (χ2n) is 4.88. The zero-order chi connectivity index (χ0) is 16.1. The highest BCUT2D eigenvalue weighted by molar-refractivity contribution is 9.10. The van der Waals surface area contributed by atoms with Gasteiger partial charge >= 0.3 is 0 Å². The average Bonchev–Trinajstić information content (AvgIpc) is 2.46. The van der Waals surface area contributed by atoms with Crippen LogP contribution in [-0.4, -0.2) is 17.4 Å². The first kappa shape index (κ1) is 16.8. The molecule has 2 aromatic carbocycles. The van der Waals surface area contributed by atoms with E-state index >= 15 is 0 Å². The fourth-order valence-electron chi connectivity index (χ4n) is 1.93. The Kier molecular flexibility index (Phi) is 5.80. The molecule has 0 unspecified atom stereocenters. The lowest BCUT2D eigenvalue weighted by Crippen LogP contribution is -2.14. The molecule has 0 atom stereocenters. The van der Waals surface area contributed by atoms with Gasteiger partial charge in [-0.2, -0.15) is 0 Å². The van der Waals surface area contributed by atoms with Crippen LogP contribution < -0.4 is 5.32 Å². The summed E-state index contributed by atoms with van der Waals surface area (Å²) in [7, 11) is 0. The third-order valence-electron chi connectivity index (χ3n) is 3.05. The van der Waals surface area contributed by atoms with Crippen molar-refractivity contribution >= 4 is 45.1 Å². The van der Waals surface area contributed by atoms with E-state index < -0.39 is 0 Å². The number of Topliss-reactive ketones (excluding diaryl/α,β-unsaturated/α-hetero) is 1. The summed E-state index contributed by atoms with van der Waals surface area (Å²) in [5.74, 6) is 0.219. The minimum absolute atomic E-state index is 0.0176. The Labute approximate surface area is 142 Å². The molecule has 0 radical (unpaired) electrons. The van der Waals surface area contributed by atoms with Gasteiger partial charge in [0.25, 0.3) is 0 Å². The number of rotatable bonds is 5. The first-order valence-corrected chi connectivity index (χ1v) is 8.53. The van der Waals surface area contributed by atoms with Crippen LogP contribution in [0.15, 0.2) is 51.8 Å². The van der Waals surface area contributed by atoms with Gasteiger partial charge in [0.2, 0.25) is 5.91 Å². The Balaban J connectivity index is 1.95. The second kappa shape index (κ2) is 7.61. The maximum Gasteiger partial charge on any atom is 0.234 e. The second-order valence-corrected chi connectivity index (χ2v) is 6.82. The third kappa shape index (κ3) is 4.71. The van der Waals surface area contributed by atoms with Gasteiger partial charge in [-0.15, -0.1) is 11.8 Å². The van der Waals surface area contributed by atoms with Gasteiger partial charge in [0.1, 0.15) is 0 Å². The summed E-state index contributed by atoms with van der Waals surface area (Å²) in [6.07, 6.45) is 0. The summed E-state index contributed by atoms with van der Waals surface area (Å²) >= 11 is 4.92. The molecule has 0 aromatic heterocycles. The van der Waals surface area contributed by atoms with E-state index in [2.05, 4.69) is 21.2 Å². The van der Waals surface area contributed by atoms with E-state index in [4.69, 9.17) is 0 Å². The summed E-state index contributed by atoms with van der Waals surface area (Å²) in [4.78, 5) is 24.4. The lowest BCUT2D eigenvalue weighted by atomic mass is 10.1. The van der Waals surface area contributed by atoms with E-state index in [1.807, 2.05) is 25.1 Å². The van der Waals surface area contributed by atoms with Gasteiger partial charge in [-0.3, -0.25) is 9.59 Å². The fourth-order valence-corrected chi connectivity index (χ4v) is 3.22. The standard InChI is InChI=1S/C17H16BrNO2S/c1-11-8-14(18)6-7-16(11)22-10-17(21)19-15-5-3-4-13(9-15)12(2)20/h3-9H,10H2,1-2H3,(H,19,21). The number of nitrogens with one attached hydrogen (secondary N) is 1. The molecule has 2 aromatic rings. The van der Waals surface area contributed by atoms with Crippen molar-refractivity contribution in [1.82, 2.24) is 0 Å². The summed E-state index contributed by atoms with van der Waals surface area (Å²) < 4.78 is 1.03. The molecule has 1 N–H and O–H groups in total. The van der Waals surface area contributed by atoms with Gasteiger partial charge in [-0.05, 0) is 49.7 Å². The first-order valence-electron chi connectivity index (χ1n) is 6.75. The van der Waals surface area contributed by atoms with Crippen LogP contribution in [0.1, 0.15) is 22.8 Å². The normalized spacial score (nSPS) is 10.3. The molecule has 1 amide bonds. The Morgan fingerprint density at radius 2 is 1.95 bits per heavy atom. The van der Waals surface area contributed by atoms with Crippen molar-refractivity contribution in [3.05, 3.63) is 58.1 Å². The number of anilines is 1. The molecular weight excluding hydrogens is 362 g/mol. The van der Waals surface area contributed by atoms with Crippen molar-refractivity contribution < 1.29 is 9.59 Å². The topological polar surface area (TPSA) is 46.2 Å². The van der Waals surface area contributed by atoms with E-state index in [0.29, 0.717) is 17.0 Å². The Hall–Kier alpha value is -1.59. The van der Waals surface area contributed by atoms with Gasteiger partial charge in [-0.1, -0.05) is 28.1 Å². The SMILES string of the molecule is CC(=O)c1cccc(NC(=O)CSc2ccc(Br)cc2C)c1. The molecule has 0 fully saturated rings. The summed E-state index contributed by atoms with van der Waals surface area (Å²) in [6.45, 7) is 3.52. The molecule has 2 rings (SSSR count). The molecule has 0 aliphatic carbocycles. The predicted molar refractivity (Wildman–Crippen MR) is 94.7 cm³/mol. The van der Waals surface area contributed by atoms with Crippen molar-refractivity contribution in [3.63, 3.8) is 0 Å².